The Morgan fingerprint density at radius 3 is 2.65 bits per heavy atom. The van der Waals surface area contributed by atoms with Crippen LogP contribution >= 0.6 is 23.1 Å². The molecule has 0 aliphatic heterocycles. The van der Waals surface area contributed by atoms with E-state index in [0.29, 0.717) is 28.1 Å². The number of allylic oxidation sites excluding steroid dienone is 1. The van der Waals surface area contributed by atoms with E-state index in [0.717, 1.165) is 28.0 Å². The number of anilines is 1. The molecule has 0 aliphatic rings. The molecule has 0 bridgehead atoms. The smallest absolute Gasteiger partial charge is 0.341 e. The van der Waals surface area contributed by atoms with Crippen LogP contribution in [0.25, 0.3) is 11.1 Å². The number of amides is 1. The third-order valence-electron chi connectivity index (χ3n) is 6.22. The molecule has 1 N–H and O–H groups in total. The molecule has 4 rings (SSSR count). The molecule has 0 fully saturated rings. The minimum Gasteiger partial charge on any atom is -0.482 e. The first-order chi connectivity index (χ1) is 19.3. The maximum absolute atomic E-state index is 13.0. The van der Waals surface area contributed by atoms with E-state index in [4.69, 9.17) is 9.47 Å². The highest BCUT2D eigenvalue weighted by Crippen LogP contribution is 2.36. The SMILES string of the molecule is C=CCn1c(SCC(=O)Nc2scc(-c3ccccc3)c2C(=O)OCC)nnc1C(C)Oc1cccc(C)c1C. The van der Waals surface area contributed by atoms with E-state index in [1.807, 2.05) is 79.2 Å². The number of aromatic nitrogens is 3. The Morgan fingerprint density at radius 1 is 1.15 bits per heavy atom. The van der Waals surface area contributed by atoms with Crippen LogP contribution in [0.2, 0.25) is 0 Å². The fourth-order valence-electron chi connectivity index (χ4n) is 4.08. The molecule has 0 aliphatic carbocycles. The number of hydrogen-bond acceptors (Lipinski definition) is 8. The summed E-state index contributed by atoms with van der Waals surface area (Å²) in [5.41, 5.74) is 4.17. The molecule has 0 radical (unpaired) electrons. The van der Waals surface area contributed by atoms with Crippen LogP contribution < -0.4 is 10.1 Å². The Kier molecular flexibility index (Phi) is 9.79. The van der Waals surface area contributed by atoms with Crippen molar-refractivity contribution in [2.24, 2.45) is 0 Å². The van der Waals surface area contributed by atoms with Gasteiger partial charge in [0.1, 0.15) is 16.3 Å². The van der Waals surface area contributed by atoms with E-state index >= 15 is 0 Å². The van der Waals surface area contributed by atoms with Crippen molar-refractivity contribution >= 4 is 40.0 Å². The first kappa shape index (κ1) is 29.1. The van der Waals surface area contributed by atoms with Gasteiger partial charge in [-0.1, -0.05) is 60.3 Å². The van der Waals surface area contributed by atoms with Crippen molar-refractivity contribution in [3.63, 3.8) is 0 Å². The molecule has 208 valence electrons. The highest BCUT2D eigenvalue weighted by molar-refractivity contribution is 7.99. The van der Waals surface area contributed by atoms with Crippen molar-refractivity contribution in [3.05, 3.63) is 89.1 Å². The lowest BCUT2D eigenvalue weighted by Crippen LogP contribution is -2.17. The van der Waals surface area contributed by atoms with Crippen molar-refractivity contribution in [2.75, 3.05) is 17.7 Å². The fraction of sp³-hybridized carbons (Fsp3) is 0.267. The normalized spacial score (nSPS) is 11.6. The molecule has 1 amide bonds. The number of ether oxygens (including phenoxy) is 2. The van der Waals surface area contributed by atoms with Gasteiger partial charge in [0.05, 0.1) is 12.4 Å². The maximum Gasteiger partial charge on any atom is 0.341 e. The van der Waals surface area contributed by atoms with Gasteiger partial charge >= 0.3 is 5.97 Å². The topological polar surface area (TPSA) is 95.3 Å². The number of rotatable bonds is 12. The predicted octanol–water partition coefficient (Wildman–Crippen LogP) is 6.86. The number of nitrogens with zero attached hydrogens (tertiary/aromatic N) is 3. The van der Waals surface area contributed by atoms with Crippen LogP contribution in [-0.2, 0) is 16.1 Å². The summed E-state index contributed by atoms with van der Waals surface area (Å²) in [6.07, 6.45) is 1.38. The highest BCUT2D eigenvalue weighted by Gasteiger charge is 2.24. The van der Waals surface area contributed by atoms with Gasteiger partial charge in [-0.25, -0.2) is 4.79 Å². The second kappa shape index (κ2) is 13.5. The lowest BCUT2D eigenvalue weighted by atomic mass is 10.0. The first-order valence-corrected chi connectivity index (χ1v) is 14.7. The van der Waals surface area contributed by atoms with E-state index in [1.54, 1.807) is 13.0 Å². The van der Waals surface area contributed by atoms with Crippen molar-refractivity contribution in [2.45, 2.75) is 45.5 Å². The first-order valence-electron chi connectivity index (χ1n) is 12.9. The zero-order valence-corrected chi connectivity index (χ0v) is 24.6. The Balaban J connectivity index is 1.49. The zero-order chi connectivity index (χ0) is 28.6. The average Bonchev–Trinajstić information content (AvgIpc) is 3.55. The maximum atomic E-state index is 13.0. The van der Waals surface area contributed by atoms with Gasteiger partial charge < -0.3 is 14.8 Å². The number of thioether (sulfide) groups is 1. The number of carbonyl (C=O) groups is 2. The lowest BCUT2D eigenvalue weighted by Gasteiger charge is -2.18. The molecular weight excluding hydrogens is 544 g/mol. The molecule has 1 unspecified atom stereocenters. The van der Waals surface area contributed by atoms with Gasteiger partial charge in [-0.05, 0) is 50.5 Å². The number of esters is 1. The van der Waals surface area contributed by atoms with Gasteiger partial charge in [0, 0.05) is 17.5 Å². The number of aryl methyl sites for hydroxylation is 1. The van der Waals surface area contributed by atoms with E-state index in [1.165, 1.54) is 23.1 Å². The van der Waals surface area contributed by atoms with E-state index in [-0.39, 0.29) is 24.4 Å². The Labute approximate surface area is 242 Å². The third-order valence-corrected chi connectivity index (χ3v) is 8.08. The summed E-state index contributed by atoms with van der Waals surface area (Å²) in [7, 11) is 0. The highest BCUT2D eigenvalue weighted by atomic mass is 32.2. The van der Waals surface area contributed by atoms with Crippen LogP contribution in [0.1, 0.15) is 47.3 Å². The summed E-state index contributed by atoms with van der Waals surface area (Å²) in [5.74, 6) is 0.754. The Bertz CT molecular complexity index is 1500. The third kappa shape index (κ3) is 6.63. The monoisotopic (exact) mass is 576 g/mol. The predicted molar refractivity (Wildman–Crippen MR) is 160 cm³/mol. The molecule has 0 saturated heterocycles. The largest absolute Gasteiger partial charge is 0.482 e. The van der Waals surface area contributed by atoms with Gasteiger partial charge in [-0.3, -0.25) is 9.36 Å². The zero-order valence-electron chi connectivity index (χ0n) is 23.0. The van der Waals surface area contributed by atoms with Crippen LogP contribution in [0.3, 0.4) is 0 Å². The van der Waals surface area contributed by atoms with Crippen LogP contribution in [0.5, 0.6) is 5.75 Å². The summed E-state index contributed by atoms with van der Waals surface area (Å²) in [4.78, 5) is 25.8. The van der Waals surface area contributed by atoms with Gasteiger partial charge in [0.25, 0.3) is 0 Å². The van der Waals surface area contributed by atoms with Crippen LogP contribution in [0.4, 0.5) is 5.00 Å². The second-order valence-corrected chi connectivity index (χ2v) is 10.8. The standard InChI is InChI=1S/C30H32N4O4S2/c1-6-16-34-27(21(5)38-24-15-11-12-19(3)20(24)4)32-33-30(34)40-18-25(35)31-28-26(29(36)37-7-2)23(17-39-28)22-13-9-8-10-14-22/h6,8-15,17,21H,1,7,16,18H2,2-5H3,(H,31,35). The van der Waals surface area contributed by atoms with Gasteiger partial charge in [0.2, 0.25) is 5.91 Å². The molecule has 2 aromatic heterocycles. The van der Waals surface area contributed by atoms with E-state index in [9.17, 15) is 9.59 Å². The molecule has 1 atom stereocenters. The van der Waals surface area contributed by atoms with Gasteiger partial charge in [0.15, 0.2) is 17.1 Å². The number of hydrogen-bond donors (Lipinski definition) is 1. The summed E-state index contributed by atoms with van der Waals surface area (Å²) in [6.45, 7) is 12.3. The summed E-state index contributed by atoms with van der Waals surface area (Å²) in [5, 5.41) is 14.5. The van der Waals surface area contributed by atoms with Crippen molar-refractivity contribution in [1.82, 2.24) is 14.8 Å². The molecule has 0 saturated carbocycles. The average molecular weight is 577 g/mol. The summed E-state index contributed by atoms with van der Waals surface area (Å²) >= 11 is 2.55. The van der Waals surface area contributed by atoms with Gasteiger partial charge in [-0.2, -0.15) is 0 Å². The number of thiophene rings is 1. The van der Waals surface area contributed by atoms with Crippen molar-refractivity contribution < 1.29 is 19.1 Å². The molecule has 0 spiro atoms. The Morgan fingerprint density at radius 2 is 1.93 bits per heavy atom. The summed E-state index contributed by atoms with van der Waals surface area (Å²) < 4.78 is 13.4. The van der Waals surface area contributed by atoms with E-state index < -0.39 is 5.97 Å². The molecule has 2 heterocycles. The lowest BCUT2D eigenvalue weighted by molar-refractivity contribution is -0.113. The molecule has 10 heteroatoms. The molecule has 4 aromatic rings. The Hall–Kier alpha value is -3.89. The molecular formula is C30H32N4O4S2. The van der Waals surface area contributed by atoms with Crippen LogP contribution in [0.15, 0.2) is 71.7 Å². The minimum absolute atomic E-state index is 0.0718. The van der Waals surface area contributed by atoms with Crippen molar-refractivity contribution in [3.8, 4) is 16.9 Å². The fourth-order valence-corrected chi connectivity index (χ4v) is 5.81. The van der Waals surface area contributed by atoms with Gasteiger partial charge in [-0.15, -0.1) is 28.1 Å². The number of nitrogens with one attached hydrogen (secondary N) is 1. The van der Waals surface area contributed by atoms with Crippen molar-refractivity contribution in [1.29, 1.82) is 0 Å². The molecule has 8 nitrogen and oxygen atoms in total. The van der Waals surface area contributed by atoms with Crippen LogP contribution in [0, 0.1) is 13.8 Å². The number of carbonyl (C=O) groups excluding carboxylic acids is 2. The van der Waals surface area contributed by atoms with E-state index in [2.05, 4.69) is 22.1 Å². The van der Waals surface area contributed by atoms with Crippen LogP contribution in [-0.4, -0.2) is 39.0 Å². The second-order valence-electron chi connectivity index (χ2n) is 8.98. The molecule has 40 heavy (non-hydrogen) atoms. The molecule has 2 aromatic carbocycles. The quantitative estimate of drug-likeness (QED) is 0.112. The summed E-state index contributed by atoms with van der Waals surface area (Å²) in [6, 6.07) is 15.5. The minimum atomic E-state index is -0.473. The number of benzene rings is 2.